The Morgan fingerprint density at radius 1 is 0.654 bits per heavy atom. The quantitative estimate of drug-likeness (QED) is 0.551. The van der Waals surface area contributed by atoms with Gasteiger partial charge in [0.15, 0.2) is 5.50 Å². The number of para-hydroxylation sites is 3. The van der Waals surface area contributed by atoms with Crippen LogP contribution in [0.25, 0.3) is 0 Å². The van der Waals surface area contributed by atoms with Gasteiger partial charge in [-0.3, -0.25) is 10.4 Å². The van der Waals surface area contributed by atoms with Crippen LogP contribution in [-0.2, 0) is 0 Å². The van der Waals surface area contributed by atoms with E-state index in [0.717, 1.165) is 22.1 Å². The Kier molecular flexibility index (Phi) is 4.98. The third kappa shape index (κ3) is 4.13. The van der Waals surface area contributed by atoms with Crippen molar-refractivity contribution in [3.63, 3.8) is 0 Å². The van der Waals surface area contributed by atoms with E-state index in [9.17, 15) is 0 Å². The van der Waals surface area contributed by atoms with Gasteiger partial charge in [-0.15, -0.1) is 0 Å². The predicted octanol–water partition coefficient (Wildman–Crippen LogP) is 5.37. The number of rotatable bonds is 6. The van der Waals surface area contributed by atoms with Crippen molar-refractivity contribution >= 4 is 28.8 Å². The summed E-state index contributed by atoms with van der Waals surface area (Å²) in [6, 6.07) is 30.6. The number of nitrogens with zero attached hydrogens (tertiary/aromatic N) is 1. The zero-order valence-corrected chi connectivity index (χ0v) is 15.0. The molecule has 0 fully saturated rings. The second kappa shape index (κ2) is 7.89. The summed E-state index contributed by atoms with van der Waals surface area (Å²) >= 11 is 1.73. The minimum absolute atomic E-state index is 0.0313. The number of nitrogens with one attached hydrogen (secondary N) is 3. The topological polar surface area (TPSA) is 39.3 Å². The molecular weight excluding hydrogens is 340 g/mol. The molecule has 0 amide bonds. The van der Waals surface area contributed by atoms with Crippen molar-refractivity contribution < 1.29 is 0 Å². The zero-order chi connectivity index (χ0) is 17.6. The van der Waals surface area contributed by atoms with Crippen LogP contribution in [0, 0.1) is 0 Å². The first-order valence-electron chi connectivity index (χ1n) is 8.49. The fourth-order valence-corrected chi connectivity index (χ4v) is 3.67. The minimum atomic E-state index is 0.0313. The lowest BCUT2D eigenvalue weighted by Gasteiger charge is -2.27. The van der Waals surface area contributed by atoms with Crippen molar-refractivity contribution in [2.24, 2.45) is 0 Å². The summed E-state index contributed by atoms with van der Waals surface area (Å²) < 4.78 is 0. The smallest absolute Gasteiger partial charge is 0.172 e. The summed E-state index contributed by atoms with van der Waals surface area (Å²) in [5.41, 5.74) is 6.70. The fourth-order valence-electron chi connectivity index (χ4n) is 2.66. The molecule has 3 N–H and O–H groups in total. The maximum absolute atomic E-state index is 3.56. The standard InChI is InChI=1S/C21H20N4S/c1-4-10-17(11-5-1)22-20-16-25(24-19-14-8-3-9-15-19)21(26-20)23-18-12-6-2-7-13-18/h1-16,21-24H. The van der Waals surface area contributed by atoms with Gasteiger partial charge in [-0.2, -0.15) is 0 Å². The third-order valence-corrected chi connectivity index (χ3v) is 4.91. The Balaban J connectivity index is 1.52. The molecule has 0 bridgehead atoms. The Morgan fingerprint density at radius 3 is 1.81 bits per heavy atom. The zero-order valence-electron chi connectivity index (χ0n) is 14.2. The monoisotopic (exact) mass is 360 g/mol. The van der Waals surface area contributed by atoms with Crippen LogP contribution in [0.3, 0.4) is 0 Å². The number of benzene rings is 3. The molecule has 1 atom stereocenters. The molecule has 0 saturated carbocycles. The van der Waals surface area contributed by atoms with Crippen LogP contribution in [0.1, 0.15) is 0 Å². The highest BCUT2D eigenvalue weighted by Crippen LogP contribution is 2.34. The van der Waals surface area contributed by atoms with Crippen LogP contribution < -0.4 is 16.1 Å². The van der Waals surface area contributed by atoms with E-state index in [1.807, 2.05) is 54.6 Å². The summed E-state index contributed by atoms with van der Waals surface area (Å²) in [4.78, 5) is 0. The molecule has 1 unspecified atom stereocenters. The van der Waals surface area contributed by atoms with Crippen LogP contribution in [-0.4, -0.2) is 10.5 Å². The summed E-state index contributed by atoms with van der Waals surface area (Å²) in [7, 11) is 0. The van der Waals surface area contributed by atoms with Gasteiger partial charge < -0.3 is 10.6 Å². The average Bonchev–Trinajstić information content (AvgIpc) is 3.05. The Morgan fingerprint density at radius 2 is 1.19 bits per heavy atom. The lowest BCUT2D eigenvalue weighted by atomic mass is 10.3. The highest BCUT2D eigenvalue weighted by Gasteiger charge is 2.26. The fraction of sp³-hybridized carbons (Fsp3) is 0.0476. The minimum Gasteiger partial charge on any atom is -0.355 e. The maximum Gasteiger partial charge on any atom is 0.172 e. The number of hydrogen-bond acceptors (Lipinski definition) is 5. The van der Waals surface area contributed by atoms with Crippen molar-refractivity contribution in [1.82, 2.24) is 5.01 Å². The lowest BCUT2D eigenvalue weighted by Crippen LogP contribution is -2.35. The van der Waals surface area contributed by atoms with Crippen molar-refractivity contribution in [2.75, 3.05) is 16.1 Å². The molecule has 0 saturated heterocycles. The summed E-state index contributed by atoms with van der Waals surface area (Å²) in [5, 5.41) is 10.2. The van der Waals surface area contributed by atoms with Gasteiger partial charge >= 0.3 is 0 Å². The number of hydrogen-bond donors (Lipinski definition) is 3. The highest BCUT2D eigenvalue weighted by molar-refractivity contribution is 8.04. The summed E-state index contributed by atoms with van der Waals surface area (Å²) in [5.74, 6) is 0. The molecule has 0 aromatic heterocycles. The van der Waals surface area contributed by atoms with E-state index in [0.29, 0.717) is 0 Å². The number of hydrazine groups is 1. The summed E-state index contributed by atoms with van der Waals surface area (Å²) in [6.45, 7) is 0. The maximum atomic E-state index is 3.56. The van der Waals surface area contributed by atoms with E-state index in [-0.39, 0.29) is 5.50 Å². The average molecular weight is 360 g/mol. The molecule has 3 aromatic carbocycles. The molecule has 0 aliphatic carbocycles. The van der Waals surface area contributed by atoms with Gasteiger partial charge in [0.2, 0.25) is 0 Å². The van der Waals surface area contributed by atoms with Crippen LogP contribution in [0.2, 0.25) is 0 Å². The molecular formula is C21H20N4S. The van der Waals surface area contributed by atoms with E-state index in [1.165, 1.54) is 0 Å². The first-order valence-corrected chi connectivity index (χ1v) is 9.37. The highest BCUT2D eigenvalue weighted by atomic mass is 32.2. The summed E-state index contributed by atoms with van der Waals surface area (Å²) in [6.07, 6.45) is 2.09. The molecule has 1 aliphatic heterocycles. The molecule has 1 aliphatic rings. The number of anilines is 3. The second-order valence-electron chi connectivity index (χ2n) is 5.85. The second-order valence-corrected chi connectivity index (χ2v) is 6.97. The van der Waals surface area contributed by atoms with Crippen LogP contribution in [0.4, 0.5) is 17.1 Å². The molecule has 0 spiro atoms. The molecule has 26 heavy (non-hydrogen) atoms. The SMILES string of the molecule is C1=C(Nc2ccccc2)SC(Nc2ccccc2)N1Nc1ccccc1. The Hall–Kier alpha value is -3.05. The van der Waals surface area contributed by atoms with Gasteiger partial charge in [0.05, 0.1) is 16.9 Å². The van der Waals surface area contributed by atoms with Crippen molar-refractivity contribution in [2.45, 2.75) is 5.50 Å². The first kappa shape index (κ1) is 16.4. The van der Waals surface area contributed by atoms with Gasteiger partial charge in [0, 0.05) is 11.4 Å². The predicted molar refractivity (Wildman–Crippen MR) is 111 cm³/mol. The first-order chi connectivity index (χ1) is 12.9. The van der Waals surface area contributed by atoms with Crippen molar-refractivity contribution in [3.8, 4) is 0 Å². The van der Waals surface area contributed by atoms with Gasteiger partial charge in [-0.25, -0.2) is 0 Å². The van der Waals surface area contributed by atoms with Gasteiger partial charge in [-0.05, 0) is 36.4 Å². The van der Waals surface area contributed by atoms with Crippen molar-refractivity contribution in [1.29, 1.82) is 0 Å². The largest absolute Gasteiger partial charge is 0.355 e. The Bertz CT molecular complexity index is 853. The molecule has 0 radical (unpaired) electrons. The van der Waals surface area contributed by atoms with Gasteiger partial charge in [0.1, 0.15) is 0 Å². The third-order valence-electron chi connectivity index (χ3n) is 3.88. The number of thioether (sulfide) groups is 1. The normalized spacial score (nSPS) is 16.1. The van der Waals surface area contributed by atoms with E-state index in [1.54, 1.807) is 11.8 Å². The molecule has 4 rings (SSSR count). The van der Waals surface area contributed by atoms with Crippen molar-refractivity contribution in [3.05, 3.63) is 102 Å². The molecule has 1 heterocycles. The molecule has 130 valence electrons. The van der Waals surface area contributed by atoms with E-state index in [2.05, 4.69) is 63.7 Å². The van der Waals surface area contributed by atoms with Gasteiger partial charge in [0.25, 0.3) is 0 Å². The van der Waals surface area contributed by atoms with Gasteiger partial charge in [-0.1, -0.05) is 66.4 Å². The Labute approximate surface area is 157 Å². The van der Waals surface area contributed by atoms with E-state index >= 15 is 0 Å². The van der Waals surface area contributed by atoms with Crippen LogP contribution in [0.5, 0.6) is 0 Å². The lowest BCUT2D eigenvalue weighted by molar-refractivity contribution is 0.458. The van der Waals surface area contributed by atoms with E-state index in [4.69, 9.17) is 0 Å². The molecule has 5 heteroatoms. The molecule has 4 nitrogen and oxygen atoms in total. The van der Waals surface area contributed by atoms with Crippen LogP contribution >= 0.6 is 11.8 Å². The van der Waals surface area contributed by atoms with E-state index < -0.39 is 0 Å². The molecule has 3 aromatic rings. The van der Waals surface area contributed by atoms with Crippen LogP contribution in [0.15, 0.2) is 102 Å².